The monoisotopic (exact) mass is 351 g/mol. The smallest absolute Gasteiger partial charge is 0.399 e. The van der Waals surface area contributed by atoms with E-state index in [9.17, 15) is 8.42 Å². The number of sulfonamides is 1. The van der Waals surface area contributed by atoms with Gasteiger partial charge in [-0.25, -0.2) is 8.42 Å². The number of hydrogen-bond acceptors (Lipinski definition) is 4. The third-order valence-corrected chi connectivity index (χ3v) is 7.44. The van der Waals surface area contributed by atoms with Crippen LogP contribution in [0.2, 0.25) is 0 Å². The molecule has 2 aliphatic heterocycles. The van der Waals surface area contributed by atoms with Crippen molar-refractivity contribution in [3.8, 4) is 0 Å². The van der Waals surface area contributed by atoms with Crippen molar-refractivity contribution in [1.29, 1.82) is 0 Å². The normalized spacial score (nSPS) is 25.0. The van der Waals surface area contributed by atoms with E-state index in [0.717, 1.165) is 11.0 Å². The summed E-state index contributed by atoms with van der Waals surface area (Å²) >= 11 is 0. The van der Waals surface area contributed by atoms with E-state index in [1.54, 1.807) is 10.4 Å². The molecule has 1 aromatic rings. The Bertz CT molecular complexity index is 764. The molecule has 0 aliphatic carbocycles. The molecule has 1 aromatic carbocycles. The van der Waals surface area contributed by atoms with E-state index in [-0.39, 0.29) is 0 Å². The zero-order valence-electron chi connectivity index (χ0n) is 15.5. The molecular weight excluding hydrogens is 325 g/mol. The van der Waals surface area contributed by atoms with Crippen LogP contribution in [0, 0.1) is 0 Å². The standard InChI is InChI=1S/C17H26BNO4S/c1-15(2,3)19-11-12-8-9-13(10-14(12)24(19,20)21)18-22-16(4,5)17(6,7)23-18/h8-10H,11H2,1-7H3. The van der Waals surface area contributed by atoms with Gasteiger partial charge in [0, 0.05) is 12.1 Å². The van der Waals surface area contributed by atoms with Gasteiger partial charge in [-0.3, -0.25) is 0 Å². The highest BCUT2D eigenvalue weighted by Crippen LogP contribution is 2.38. The zero-order chi connectivity index (χ0) is 18.1. The number of fused-ring (bicyclic) bond motifs is 1. The van der Waals surface area contributed by atoms with Crippen LogP contribution >= 0.6 is 0 Å². The van der Waals surface area contributed by atoms with Crippen LogP contribution in [0.1, 0.15) is 54.0 Å². The summed E-state index contributed by atoms with van der Waals surface area (Å²) in [6.07, 6.45) is 0. The first-order valence-electron chi connectivity index (χ1n) is 8.27. The molecule has 1 saturated heterocycles. The minimum atomic E-state index is -3.49. The highest BCUT2D eigenvalue weighted by Gasteiger charge is 2.52. The van der Waals surface area contributed by atoms with Crippen molar-refractivity contribution in [1.82, 2.24) is 4.31 Å². The fraction of sp³-hybridized carbons (Fsp3) is 0.647. The summed E-state index contributed by atoms with van der Waals surface area (Å²) in [6.45, 7) is 14.1. The van der Waals surface area contributed by atoms with E-state index in [0.29, 0.717) is 11.4 Å². The fourth-order valence-electron chi connectivity index (χ4n) is 3.02. The lowest BCUT2D eigenvalue weighted by Crippen LogP contribution is -2.41. The largest absolute Gasteiger partial charge is 0.494 e. The van der Waals surface area contributed by atoms with Gasteiger partial charge in [-0.2, -0.15) is 4.31 Å². The van der Waals surface area contributed by atoms with Gasteiger partial charge in [-0.15, -0.1) is 0 Å². The Morgan fingerprint density at radius 2 is 1.62 bits per heavy atom. The Balaban J connectivity index is 1.99. The Morgan fingerprint density at radius 1 is 1.08 bits per heavy atom. The van der Waals surface area contributed by atoms with Crippen LogP contribution in [0.15, 0.2) is 23.1 Å². The second-order valence-electron chi connectivity index (χ2n) is 8.64. The second-order valence-corrected chi connectivity index (χ2v) is 10.5. The van der Waals surface area contributed by atoms with Gasteiger partial charge in [0.25, 0.3) is 0 Å². The molecule has 0 saturated carbocycles. The van der Waals surface area contributed by atoms with E-state index in [4.69, 9.17) is 9.31 Å². The van der Waals surface area contributed by atoms with Crippen molar-refractivity contribution < 1.29 is 17.7 Å². The van der Waals surface area contributed by atoms with Gasteiger partial charge in [0.15, 0.2) is 0 Å². The minimum absolute atomic E-state index is 0.365. The van der Waals surface area contributed by atoms with Crippen LogP contribution in [0.4, 0.5) is 0 Å². The van der Waals surface area contributed by atoms with Crippen LogP contribution in [0.5, 0.6) is 0 Å². The molecule has 0 N–H and O–H groups in total. The van der Waals surface area contributed by atoms with Crippen LogP contribution in [0.25, 0.3) is 0 Å². The minimum Gasteiger partial charge on any atom is -0.399 e. The first-order valence-corrected chi connectivity index (χ1v) is 9.71. The van der Waals surface area contributed by atoms with Crippen LogP contribution < -0.4 is 5.46 Å². The van der Waals surface area contributed by atoms with Gasteiger partial charge in [0.1, 0.15) is 0 Å². The Labute approximate surface area is 145 Å². The van der Waals surface area contributed by atoms with Crippen molar-refractivity contribution in [3.63, 3.8) is 0 Å². The summed E-state index contributed by atoms with van der Waals surface area (Å²) in [5.74, 6) is 0. The highest BCUT2D eigenvalue weighted by atomic mass is 32.2. The van der Waals surface area contributed by atoms with Gasteiger partial charge >= 0.3 is 7.12 Å². The molecule has 1 fully saturated rings. The molecule has 0 radical (unpaired) electrons. The molecular formula is C17H26BNO4S. The van der Waals surface area contributed by atoms with Crippen molar-refractivity contribution in [2.24, 2.45) is 0 Å². The molecule has 0 atom stereocenters. The summed E-state index contributed by atoms with van der Waals surface area (Å²) in [6, 6.07) is 5.49. The number of benzene rings is 1. The molecule has 0 aromatic heterocycles. The zero-order valence-corrected chi connectivity index (χ0v) is 16.3. The SMILES string of the molecule is CC(C)(C)N1Cc2ccc(B3OC(C)(C)C(C)(C)O3)cc2S1(=O)=O. The lowest BCUT2D eigenvalue weighted by atomic mass is 9.79. The maximum absolute atomic E-state index is 12.9. The van der Waals surface area contributed by atoms with Gasteiger partial charge < -0.3 is 9.31 Å². The molecule has 0 amide bonds. The molecule has 2 aliphatic rings. The van der Waals surface area contributed by atoms with Crippen molar-refractivity contribution in [3.05, 3.63) is 23.8 Å². The number of rotatable bonds is 1. The van der Waals surface area contributed by atoms with Crippen LogP contribution in [-0.2, 0) is 25.9 Å². The number of nitrogens with zero attached hydrogens (tertiary/aromatic N) is 1. The lowest BCUT2D eigenvalue weighted by molar-refractivity contribution is 0.00578. The summed E-state index contributed by atoms with van der Waals surface area (Å²) in [5, 5.41) is 0. The van der Waals surface area contributed by atoms with E-state index in [2.05, 4.69) is 0 Å². The predicted molar refractivity (Wildman–Crippen MR) is 94.6 cm³/mol. The maximum atomic E-state index is 12.9. The van der Waals surface area contributed by atoms with Gasteiger partial charge in [-0.05, 0) is 65.6 Å². The lowest BCUT2D eigenvalue weighted by Gasteiger charge is -2.32. The van der Waals surface area contributed by atoms with Crippen molar-refractivity contribution in [2.75, 3.05) is 0 Å². The van der Waals surface area contributed by atoms with Crippen molar-refractivity contribution in [2.45, 2.75) is 76.6 Å². The summed E-state index contributed by atoms with van der Waals surface area (Å²) in [4.78, 5) is 0.365. The van der Waals surface area contributed by atoms with Crippen LogP contribution in [-0.4, -0.2) is 36.6 Å². The second kappa shape index (κ2) is 5.07. The van der Waals surface area contributed by atoms with Crippen LogP contribution in [0.3, 0.4) is 0 Å². The average Bonchev–Trinajstić information content (AvgIpc) is 2.80. The average molecular weight is 351 g/mol. The first kappa shape index (κ1) is 17.9. The Kier molecular flexibility index (Phi) is 3.78. The first-order chi connectivity index (χ1) is 10.8. The van der Waals surface area contributed by atoms with Crippen molar-refractivity contribution >= 4 is 22.6 Å². The molecule has 2 heterocycles. The summed E-state index contributed by atoms with van der Waals surface area (Å²) < 4.78 is 39.4. The van der Waals surface area contributed by atoms with Gasteiger partial charge in [0.05, 0.1) is 16.1 Å². The highest BCUT2D eigenvalue weighted by molar-refractivity contribution is 7.89. The van der Waals surface area contributed by atoms with E-state index in [1.807, 2.05) is 60.6 Å². The Morgan fingerprint density at radius 3 is 2.12 bits per heavy atom. The predicted octanol–water partition coefficient (Wildman–Crippen LogP) is 2.29. The molecule has 7 heteroatoms. The molecule has 5 nitrogen and oxygen atoms in total. The van der Waals surface area contributed by atoms with E-state index in [1.165, 1.54) is 0 Å². The topological polar surface area (TPSA) is 55.8 Å². The molecule has 132 valence electrons. The quantitative estimate of drug-likeness (QED) is 0.729. The maximum Gasteiger partial charge on any atom is 0.494 e. The van der Waals surface area contributed by atoms with Gasteiger partial charge in [-0.1, -0.05) is 12.1 Å². The summed E-state index contributed by atoms with van der Waals surface area (Å²) in [5.41, 5.74) is 0.208. The third-order valence-electron chi connectivity index (χ3n) is 5.25. The number of hydrogen-bond donors (Lipinski definition) is 0. The summed E-state index contributed by atoms with van der Waals surface area (Å²) in [7, 11) is -4.05. The third kappa shape index (κ3) is 2.62. The molecule has 0 bridgehead atoms. The van der Waals surface area contributed by atoms with Gasteiger partial charge in [0.2, 0.25) is 10.0 Å². The molecule has 3 rings (SSSR count). The van der Waals surface area contributed by atoms with E-state index >= 15 is 0 Å². The Hall–Kier alpha value is -0.885. The molecule has 0 unspecified atom stereocenters. The molecule has 24 heavy (non-hydrogen) atoms. The van der Waals surface area contributed by atoms with E-state index < -0.39 is 33.9 Å². The molecule has 0 spiro atoms. The fourth-order valence-corrected chi connectivity index (χ4v) is 5.04.